The van der Waals surface area contributed by atoms with E-state index in [4.69, 9.17) is 0 Å². The Balaban J connectivity index is 1.55. The van der Waals surface area contributed by atoms with Crippen LogP contribution in [0.3, 0.4) is 0 Å². The maximum absolute atomic E-state index is 12.8. The molecule has 2 N–H and O–H groups in total. The summed E-state index contributed by atoms with van der Waals surface area (Å²) < 4.78 is 0. The van der Waals surface area contributed by atoms with Gasteiger partial charge in [0, 0.05) is 31.3 Å². The number of piperidine rings is 1. The highest BCUT2D eigenvalue weighted by Gasteiger charge is 2.52. The van der Waals surface area contributed by atoms with E-state index in [1.54, 1.807) is 0 Å². The second-order valence-corrected chi connectivity index (χ2v) is 7.73. The average Bonchev–Trinajstić information content (AvgIpc) is 2.98. The summed E-state index contributed by atoms with van der Waals surface area (Å²) in [7, 11) is 0. The molecule has 0 unspecified atom stereocenters. The first kappa shape index (κ1) is 18.4. The van der Waals surface area contributed by atoms with Gasteiger partial charge in [0.2, 0.25) is 0 Å². The van der Waals surface area contributed by atoms with Gasteiger partial charge in [0.25, 0.3) is 5.91 Å². The van der Waals surface area contributed by atoms with Crippen molar-refractivity contribution in [2.75, 3.05) is 18.0 Å². The summed E-state index contributed by atoms with van der Waals surface area (Å²) in [6, 6.07) is 9.48. The first-order valence-electron chi connectivity index (χ1n) is 9.70. The molecule has 7 nitrogen and oxygen atoms in total. The topological polar surface area (TPSA) is 87.2 Å². The van der Waals surface area contributed by atoms with Crippen LogP contribution in [0.15, 0.2) is 36.5 Å². The molecule has 28 heavy (non-hydrogen) atoms. The van der Waals surface area contributed by atoms with Crippen molar-refractivity contribution in [3.63, 3.8) is 0 Å². The summed E-state index contributed by atoms with van der Waals surface area (Å²) in [4.78, 5) is 35.9. The molecule has 2 fully saturated rings. The molecule has 3 heterocycles. The second kappa shape index (κ2) is 7.22. The zero-order chi connectivity index (χ0) is 19.7. The SMILES string of the molecule is Cc1ncc(C)c(N2CCC([C@@]3(Cc4ccccc4)NC(=O)NC3=O)CC2)n1. The van der Waals surface area contributed by atoms with Crippen LogP contribution in [0.1, 0.15) is 29.8 Å². The number of carbonyl (C=O) groups excluding carboxylic acids is 2. The van der Waals surface area contributed by atoms with E-state index in [0.29, 0.717) is 6.42 Å². The third kappa shape index (κ3) is 3.32. The Kier molecular flexibility index (Phi) is 4.75. The molecule has 1 atom stereocenters. The Labute approximate surface area is 164 Å². The molecule has 7 heteroatoms. The van der Waals surface area contributed by atoms with Gasteiger partial charge in [-0.3, -0.25) is 10.1 Å². The first-order chi connectivity index (χ1) is 13.5. The fourth-order valence-corrected chi connectivity index (χ4v) is 4.40. The van der Waals surface area contributed by atoms with Gasteiger partial charge in [0.15, 0.2) is 0 Å². The van der Waals surface area contributed by atoms with Crippen molar-refractivity contribution in [2.24, 2.45) is 5.92 Å². The molecule has 0 saturated carbocycles. The molecule has 2 saturated heterocycles. The standard InChI is InChI=1S/C21H25N5O2/c1-14-13-22-15(2)23-18(14)26-10-8-17(9-11-26)21(19(27)24-20(28)25-21)12-16-6-4-3-5-7-16/h3-7,13,17H,8-12H2,1-2H3,(H2,24,25,27,28)/t21-/m1/s1. The average molecular weight is 379 g/mol. The van der Waals surface area contributed by atoms with Crippen molar-refractivity contribution in [1.82, 2.24) is 20.6 Å². The normalized spacial score (nSPS) is 22.9. The second-order valence-electron chi connectivity index (χ2n) is 7.73. The Morgan fingerprint density at radius 3 is 2.50 bits per heavy atom. The number of rotatable bonds is 4. The zero-order valence-electron chi connectivity index (χ0n) is 16.2. The predicted molar refractivity (Wildman–Crippen MR) is 106 cm³/mol. The Hall–Kier alpha value is -2.96. The number of aromatic nitrogens is 2. The fraction of sp³-hybridized carbons (Fsp3) is 0.429. The summed E-state index contributed by atoms with van der Waals surface area (Å²) in [6.45, 7) is 5.49. The molecule has 0 aliphatic carbocycles. The Morgan fingerprint density at radius 2 is 1.86 bits per heavy atom. The van der Waals surface area contributed by atoms with E-state index >= 15 is 0 Å². The summed E-state index contributed by atoms with van der Waals surface area (Å²) in [5, 5.41) is 5.43. The van der Waals surface area contributed by atoms with Crippen molar-refractivity contribution >= 4 is 17.8 Å². The van der Waals surface area contributed by atoms with Crippen LogP contribution in [-0.4, -0.2) is 40.5 Å². The van der Waals surface area contributed by atoms with Gasteiger partial charge in [-0.2, -0.15) is 0 Å². The molecule has 0 radical (unpaired) electrons. The van der Waals surface area contributed by atoms with E-state index in [-0.39, 0.29) is 11.8 Å². The number of anilines is 1. The number of urea groups is 1. The lowest BCUT2D eigenvalue weighted by atomic mass is 9.74. The largest absolute Gasteiger partial charge is 0.356 e. The van der Waals surface area contributed by atoms with Crippen LogP contribution >= 0.6 is 0 Å². The van der Waals surface area contributed by atoms with Crippen LogP contribution in [0.4, 0.5) is 10.6 Å². The highest BCUT2D eigenvalue weighted by Crippen LogP contribution is 2.35. The van der Waals surface area contributed by atoms with Gasteiger partial charge >= 0.3 is 6.03 Å². The number of hydrogen-bond donors (Lipinski definition) is 2. The Bertz CT molecular complexity index is 893. The lowest BCUT2D eigenvalue weighted by Crippen LogP contribution is -2.57. The number of benzene rings is 1. The van der Waals surface area contributed by atoms with Gasteiger partial charge in [-0.15, -0.1) is 0 Å². The van der Waals surface area contributed by atoms with Gasteiger partial charge in [0.05, 0.1) is 0 Å². The van der Waals surface area contributed by atoms with Gasteiger partial charge in [-0.25, -0.2) is 14.8 Å². The molecule has 1 aromatic heterocycles. The van der Waals surface area contributed by atoms with Gasteiger partial charge < -0.3 is 10.2 Å². The number of hydrogen-bond acceptors (Lipinski definition) is 5. The van der Waals surface area contributed by atoms with Gasteiger partial charge in [-0.05, 0) is 38.2 Å². The summed E-state index contributed by atoms with van der Waals surface area (Å²) in [5.74, 6) is 1.57. The molecule has 0 bridgehead atoms. The van der Waals surface area contributed by atoms with Crippen LogP contribution in [0.25, 0.3) is 0 Å². The predicted octanol–water partition coefficient (Wildman–Crippen LogP) is 2.13. The van der Waals surface area contributed by atoms with Crippen molar-refractivity contribution in [3.8, 4) is 0 Å². The number of imide groups is 1. The van der Waals surface area contributed by atoms with E-state index < -0.39 is 11.6 Å². The third-order valence-corrected chi connectivity index (χ3v) is 5.85. The Morgan fingerprint density at radius 1 is 1.14 bits per heavy atom. The minimum Gasteiger partial charge on any atom is -0.356 e. The third-order valence-electron chi connectivity index (χ3n) is 5.85. The number of carbonyl (C=O) groups is 2. The number of nitrogens with one attached hydrogen (secondary N) is 2. The summed E-state index contributed by atoms with van der Waals surface area (Å²) >= 11 is 0. The van der Waals surface area contributed by atoms with Crippen molar-refractivity contribution in [2.45, 2.75) is 38.6 Å². The van der Waals surface area contributed by atoms with E-state index in [1.165, 1.54) is 0 Å². The molecule has 3 amide bonds. The molecule has 2 aromatic rings. The monoisotopic (exact) mass is 379 g/mol. The number of nitrogens with zero attached hydrogens (tertiary/aromatic N) is 3. The van der Waals surface area contributed by atoms with E-state index in [1.807, 2.05) is 50.4 Å². The van der Waals surface area contributed by atoms with Crippen LogP contribution in [-0.2, 0) is 11.2 Å². The van der Waals surface area contributed by atoms with Gasteiger partial charge in [-0.1, -0.05) is 30.3 Å². The highest BCUT2D eigenvalue weighted by atomic mass is 16.2. The molecule has 1 aromatic carbocycles. The molecule has 0 spiro atoms. The smallest absolute Gasteiger partial charge is 0.322 e. The molecule has 146 valence electrons. The summed E-state index contributed by atoms with van der Waals surface area (Å²) in [5.41, 5.74) is 1.21. The van der Waals surface area contributed by atoms with Crippen molar-refractivity contribution in [1.29, 1.82) is 0 Å². The van der Waals surface area contributed by atoms with Crippen molar-refractivity contribution in [3.05, 3.63) is 53.5 Å². The van der Waals surface area contributed by atoms with Crippen LogP contribution < -0.4 is 15.5 Å². The molecule has 2 aliphatic heterocycles. The van der Waals surface area contributed by atoms with E-state index in [0.717, 1.165) is 48.7 Å². The molecule has 4 rings (SSSR count). The fourth-order valence-electron chi connectivity index (χ4n) is 4.40. The van der Waals surface area contributed by atoms with Crippen molar-refractivity contribution < 1.29 is 9.59 Å². The first-order valence-corrected chi connectivity index (χ1v) is 9.70. The molecular weight excluding hydrogens is 354 g/mol. The minimum absolute atomic E-state index is 0.0682. The molecular formula is C21H25N5O2. The van der Waals surface area contributed by atoms with Crippen LogP contribution in [0, 0.1) is 19.8 Å². The number of aryl methyl sites for hydroxylation is 2. The van der Waals surface area contributed by atoms with Gasteiger partial charge in [0.1, 0.15) is 17.2 Å². The highest BCUT2D eigenvalue weighted by molar-refractivity contribution is 6.07. The van der Waals surface area contributed by atoms with Crippen LogP contribution in [0.5, 0.6) is 0 Å². The van der Waals surface area contributed by atoms with E-state index in [9.17, 15) is 9.59 Å². The van der Waals surface area contributed by atoms with Crippen LogP contribution in [0.2, 0.25) is 0 Å². The maximum Gasteiger partial charge on any atom is 0.322 e. The quantitative estimate of drug-likeness (QED) is 0.795. The lowest BCUT2D eigenvalue weighted by Gasteiger charge is -2.41. The summed E-state index contributed by atoms with van der Waals surface area (Å²) in [6.07, 6.45) is 3.97. The zero-order valence-corrected chi connectivity index (χ0v) is 16.2. The number of amides is 3. The minimum atomic E-state index is -0.888. The maximum atomic E-state index is 12.8. The van der Waals surface area contributed by atoms with E-state index in [2.05, 4.69) is 25.5 Å². The lowest BCUT2D eigenvalue weighted by molar-refractivity contribution is -0.126. The molecule has 2 aliphatic rings.